The first-order valence-corrected chi connectivity index (χ1v) is 9.50. The van der Waals surface area contributed by atoms with E-state index in [0.717, 1.165) is 0 Å². The molecule has 2 aromatic carbocycles. The summed E-state index contributed by atoms with van der Waals surface area (Å²) in [4.78, 5) is 12.0. The maximum atomic E-state index is 12.6. The Balaban J connectivity index is 2.33. The molecular weight excluding hydrogens is 437 g/mol. The molecule has 2 N–H and O–H groups in total. The van der Waals surface area contributed by atoms with Crippen LogP contribution in [0.4, 0.5) is 18.9 Å². The van der Waals surface area contributed by atoms with Crippen LogP contribution in [0.2, 0.25) is 0 Å². The molecule has 0 radical (unpaired) electrons. The van der Waals surface area contributed by atoms with Crippen LogP contribution in [0, 0.1) is 6.92 Å². The summed E-state index contributed by atoms with van der Waals surface area (Å²) in [6.45, 7) is 0.0839. The summed E-state index contributed by atoms with van der Waals surface area (Å²) in [5.41, 5.74) is 0.138. The third kappa shape index (κ3) is 5.21. The lowest BCUT2D eigenvalue weighted by atomic mass is 10.1. The molecule has 0 spiro atoms. The number of hydrogen-bond acceptors (Lipinski definition) is 3. The van der Waals surface area contributed by atoms with Crippen molar-refractivity contribution in [3.05, 3.63) is 58.1 Å². The van der Waals surface area contributed by atoms with Gasteiger partial charge in [-0.1, -0.05) is 34.1 Å². The number of benzene rings is 2. The highest BCUT2D eigenvalue weighted by atomic mass is 79.9. The van der Waals surface area contributed by atoms with Gasteiger partial charge in [0.1, 0.15) is 6.54 Å². The number of alkyl halides is 3. The second-order valence-corrected chi connectivity index (χ2v) is 7.93. The van der Waals surface area contributed by atoms with Crippen molar-refractivity contribution in [2.75, 3.05) is 11.3 Å². The van der Waals surface area contributed by atoms with Crippen LogP contribution in [0.25, 0.3) is 0 Å². The molecule has 1 amide bonds. The molecule has 0 unspecified atom stereocenters. The van der Waals surface area contributed by atoms with Gasteiger partial charge in [-0.3, -0.25) is 9.52 Å². The first-order valence-electron chi connectivity index (χ1n) is 7.22. The van der Waals surface area contributed by atoms with Crippen LogP contribution in [-0.2, 0) is 10.0 Å². The summed E-state index contributed by atoms with van der Waals surface area (Å²) in [5.74, 6) is -1.04. The Morgan fingerprint density at radius 1 is 1.15 bits per heavy atom. The quantitative estimate of drug-likeness (QED) is 0.726. The van der Waals surface area contributed by atoms with E-state index in [1.165, 1.54) is 30.3 Å². The molecule has 0 heterocycles. The number of carbonyl (C=O) groups excluding carboxylic acids is 1. The summed E-state index contributed by atoms with van der Waals surface area (Å²) >= 11 is 3.19. The van der Waals surface area contributed by atoms with E-state index < -0.39 is 28.7 Å². The van der Waals surface area contributed by atoms with Gasteiger partial charge in [-0.05, 0) is 36.8 Å². The number of halogens is 4. The van der Waals surface area contributed by atoms with Crippen molar-refractivity contribution in [1.29, 1.82) is 0 Å². The van der Waals surface area contributed by atoms with Gasteiger partial charge in [0.05, 0.1) is 16.1 Å². The van der Waals surface area contributed by atoms with Crippen molar-refractivity contribution >= 4 is 37.5 Å². The zero-order valence-corrected chi connectivity index (χ0v) is 15.8. The summed E-state index contributed by atoms with van der Waals surface area (Å²) < 4.78 is 64.9. The number of hydrogen-bond donors (Lipinski definition) is 2. The van der Waals surface area contributed by atoms with Gasteiger partial charge in [-0.25, -0.2) is 8.42 Å². The molecule has 0 saturated heterocycles. The van der Waals surface area contributed by atoms with Crippen LogP contribution in [0.1, 0.15) is 15.9 Å². The van der Waals surface area contributed by atoms with E-state index in [4.69, 9.17) is 0 Å². The highest BCUT2D eigenvalue weighted by molar-refractivity contribution is 9.10. The van der Waals surface area contributed by atoms with E-state index >= 15 is 0 Å². The molecule has 5 nitrogen and oxygen atoms in total. The number of amides is 1. The van der Waals surface area contributed by atoms with Crippen molar-refractivity contribution in [3.8, 4) is 0 Å². The second-order valence-electron chi connectivity index (χ2n) is 5.36. The fraction of sp³-hybridized carbons (Fsp3) is 0.188. The molecule has 0 aliphatic carbocycles. The first kappa shape index (κ1) is 20.2. The third-order valence-corrected chi connectivity index (χ3v) is 5.31. The first-order chi connectivity index (χ1) is 12.0. The van der Waals surface area contributed by atoms with Crippen LogP contribution in [-0.4, -0.2) is 27.0 Å². The van der Waals surface area contributed by atoms with E-state index in [2.05, 4.69) is 20.7 Å². The molecule has 10 heteroatoms. The Hall–Kier alpha value is -2.07. The lowest BCUT2D eigenvalue weighted by Crippen LogP contribution is -2.34. The van der Waals surface area contributed by atoms with Crippen LogP contribution < -0.4 is 10.0 Å². The number of nitrogens with one attached hydrogen (secondary N) is 2. The fourth-order valence-electron chi connectivity index (χ4n) is 2.11. The number of carbonyl (C=O) groups is 1. The maximum Gasteiger partial charge on any atom is 0.405 e. The molecule has 0 fully saturated rings. The minimum Gasteiger partial charge on any atom is -0.343 e. The van der Waals surface area contributed by atoms with Gasteiger partial charge in [0, 0.05) is 4.47 Å². The van der Waals surface area contributed by atoms with E-state index in [1.54, 1.807) is 24.4 Å². The number of rotatable bonds is 5. The van der Waals surface area contributed by atoms with Gasteiger partial charge >= 0.3 is 6.18 Å². The minimum atomic E-state index is -4.57. The molecule has 0 aliphatic heterocycles. The smallest absolute Gasteiger partial charge is 0.343 e. The van der Waals surface area contributed by atoms with Crippen molar-refractivity contribution in [2.24, 2.45) is 0 Å². The average molecular weight is 451 g/mol. The number of sulfonamides is 1. The molecule has 0 atom stereocenters. The van der Waals surface area contributed by atoms with Crippen molar-refractivity contribution in [2.45, 2.75) is 18.0 Å². The number of aryl methyl sites for hydroxylation is 1. The van der Waals surface area contributed by atoms with Gasteiger partial charge in [0.2, 0.25) is 0 Å². The van der Waals surface area contributed by atoms with E-state index in [0.29, 0.717) is 10.0 Å². The Morgan fingerprint density at radius 2 is 1.81 bits per heavy atom. The summed E-state index contributed by atoms with van der Waals surface area (Å²) in [6, 6.07) is 10.1. The van der Waals surface area contributed by atoms with Gasteiger partial charge in [0.15, 0.2) is 0 Å². The Bertz CT molecular complexity index is 931. The monoisotopic (exact) mass is 450 g/mol. The topological polar surface area (TPSA) is 75.3 Å². The SMILES string of the molecule is Cc1ccc(Br)cc1S(=O)(=O)Nc1ccccc1C(=O)NCC(F)(F)F. The van der Waals surface area contributed by atoms with Crippen molar-refractivity contribution in [1.82, 2.24) is 5.32 Å². The second kappa shape index (κ2) is 7.67. The van der Waals surface area contributed by atoms with Gasteiger partial charge < -0.3 is 5.32 Å². The summed E-state index contributed by atoms with van der Waals surface area (Å²) in [6.07, 6.45) is -4.57. The highest BCUT2D eigenvalue weighted by Gasteiger charge is 2.28. The van der Waals surface area contributed by atoms with Crippen LogP contribution in [0.15, 0.2) is 51.8 Å². The highest BCUT2D eigenvalue weighted by Crippen LogP contribution is 2.25. The van der Waals surface area contributed by atoms with Crippen LogP contribution >= 0.6 is 15.9 Å². The molecule has 0 bridgehead atoms. The molecule has 0 saturated carbocycles. The molecule has 26 heavy (non-hydrogen) atoms. The fourth-order valence-corrected chi connectivity index (χ4v) is 3.97. The van der Waals surface area contributed by atoms with Crippen LogP contribution in [0.3, 0.4) is 0 Å². The standard InChI is InChI=1S/C16H14BrF3N2O3S/c1-10-6-7-11(17)8-14(10)26(24,25)22-13-5-3-2-4-12(13)15(23)21-9-16(18,19)20/h2-8,22H,9H2,1H3,(H,21,23). The normalized spacial score (nSPS) is 11.9. The Labute approximate surface area is 156 Å². The van der Waals surface area contributed by atoms with Gasteiger partial charge in [-0.15, -0.1) is 0 Å². The maximum absolute atomic E-state index is 12.6. The van der Waals surface area contributed by atoms with Gasteiger partial charge in [-0.2, -0.15) is 13.2 Å². The average Bonchev–Trinajstić information content (AvgIpc) is 2.54. The van der Waals surface area contributed by atoms with E-state index in [9.17, 15) is 26.4 Å². The minimum absolute atomic E-state index is 0.0163. The zero-order chi connectivity index (χ0) is 19.5. The van der Waals surface area contributed by atoms with Gasteiger partial charge in [0.25, 0.3) is 15.9 Å². The Morgan fingerprint density at radius 3 is 2.46 bits per heavy atom. The largest absolute Gasteiger partial charge is 0.405 e. The number of anilines is 1. The lowest BCUT2D eigenvalue weighted by molar-refractivity contribution is -0.123. The predicted octanol–water partition coefficient (Wildman–Crippen LogP) is 3.85. The zero-order valence-electron chi connectivity index (χ0n) is 13.4. The summed E-state index contributed by atoms with van der Waals surface area (Å²) in [7, 11) is -4.05. The number of para-hydroxylation sites is 1. The Kier molecular flexibility index (Phi) is 5.97. The molecule has 0 aliphatic rings. The third-order valence-electron chi connectivity index (χ3n) is 3.31. The summed E-state index contributed by atoms with van der Waals surface area (Å²) in [5, 5.41) is 1.72. The molecule has 2 aromatic rings. The lowest BCUT2D eigenvalue weighted by Gasteiger charge is -2.14. The molecule has 140 valence electrons. The van der Waals surface area contributed by atoms with Crippen LogP contribution in [0.5, 0.6) is 0 Å². The molecule has 0 aromatic heterocycles. The molecule has 2 rings (SSSR count). The van der Waals surface area contributed by atoms with Crippen molar-refractivity contribution < 1.29 is 26.4 Å². The van der Waals surface area contributed by atoms with E-state index in [1.807, 2.05) is 0 Å². The predicted molar refractivity (Wildman–Crippen MR) is 94.5 cm³/mol. The van der Waals surface area contributed by atoms with E-state index in [-0.39, 0.29) is 16.1 Å². The molecular formula is C16H14BrF3N2O3S. The van der Waals surface area contributed by atoms with Crippen molar-refractivity contribution in [3.63, 3.8) is 0 Å².